The third-order valence-electron chi connectivity index (χ3n) is 8.50. The molecule has 210 valence electrons. The Kier molecular flexibility index (Phi) is 7.86. The summed E-state index contributed by atoms with van der Waals surface area (Å²) in [5, 5.41) is 2.84. The number of benzene rings is 3. The van der Waals surface area contributed by atoms with E-state index in [1.165, 1.54) is 6.92 Å². The molecule has 0 saturated carbocycles. The zero-order valence-corrected chi connectivity index (χ0v) is 24.5. The quantitative estimate of drug-likeness (QED) is 0.475. The number of anilines is 2. The van der Waals surface area contributed by atoms with Crippen molar-refractivity contribution in [2.24, 2.45) is 0 Å². The standard InChI is InChI=1S/C33H40N4O3/c1-21-15-25(18-34-24(4)38)7-12-29(21)26-8-10-27(11-9-26)33(39)37-14-13-28-16-32(40-6)31(17-30(28)37)36-19-22(2)35(5)23(3)20-36/h7-12,15-17,22-23H,13-14,18-20H2,1-6H3,(H,34,38)/t22-,23+. The first-order valence-electron chi connectivity index (χ1n) is 14.1. The van der Waals surface area contributed by atoms with E-state index in [4.69, 9.17) is 4.74 Å². The van der Waals surface area contributed by atoms with Crippen LogP contribution in [0.5, 0.6) is 5.75 Å². The first kappa shape index (κ1) is 27.7. The molecule has 0 bridgehead atoms. The Balaban J connectivity index is 1.37. The number of piperazine rings is 1. The lowest BCUT2D eigenvalue weighted by Gasteiger charge is -2.44. The highest BCUT2D eigenvalue weighted by molar-refractivity contribution is 6.08. The number of carbonyl (C=O) groups is 2. The number of nitrogens with zero attached hydrogens (tertiary/aromatic N) is 3. The van der Waals surface area contributed by atoms with Crippen LogP contribution in [-0.2, 0) is 17.8 Å². The van der Waals surface area contributed by atoms with E-state index in [0.29, 0.717) is 30.7 Å². The Morgan fingerprint density at radius 2 is 1.68 bits per heavy atom. The van der Waals surface area contributed by atoms with E-state index in [1.54, 1.807) is 7.11 Å². The van der Waals surface area contributed by atoms with Gasteiger partial charge in [0, 0.05) is 56.4 Å². The van der Waals surface area contributed by atoms with Gasteiger partial charge in [0.1, 0.15) is 5.75 Å². The molecule has 40 heavy (non-hydrogen) atoms. The first-order chi connectivity index (χ1) is 19.2. The summed E-state index contributed by atoms with van der Waals surface area (Å²) in [6, 6.07) is 19.2. The maximum Gasteiger partial charge on any atom is 0.258 e. The number of likely N-dealkylation sites (N-methyl/N-ethyl adjacent to an activating group) is 1. The molecule has 5 rings (SSSR count). The summed E-state index contributed by atoms with van der Waals surface area (Å²) < 4.78 is 5.82. The van der Waals surface area contributed by atoms with Crippen molar-refractivity contribution in [3.05, 3.63) is 76.9 Å². The van der Waals surface area contributed by atoms with E-state index in [2.05, 4.69) is 67.2 Å². The summed E-state index contributed by atoms with van der Waals surface area (Å²) in [5.74, 6) is 0.852. The van der Waals surface area contributed by atoms with Crippen LogP contribution in [0.4, 0.5) is 11.4 Å². The van der Waals surface area contributed by atoms with Crippen molar-refractivity contribution in [3.8, 4) is 16.9 Å². The first-order valence-corrected chi connectivity index (χ1v) is 14.1. The van der Waals surface area contributed by atoms with Gasteiger partial charge in [0.2, 0.25) is 5.91 Å². The second-order valence-corrected chi connectivity index (χ2v) is 11.3. The molecule has 2 aliphatic heterocycles. The van der Waals surface area contributed by atoms with Crippen molar-refractivity contribution in [1.29, 1.82) is 0 Å². The largest absolute Gasteiger partial charge is 0.495 e. The number of carbonyl (C=O) groups excluding carboxylic acids is 2. The number of rotatable bonds is 6. The number of methoxy groups -OCH3 is 1. The second kappa shape index (κ2) is 11.3. The number of fused-ring (bicyclic) bond motifs is 1. The van der Waals surface area contributed by atoms with Crippen LogP contribution < -0.4 is 19.9 Å². The summed E-state index contributed by atoms with van der Waals surface area (Å²) >= 11 is 0. The number of aryl methyl sites for hydroxylation is 1. The number of nitrogens with one attached hydrogen (secondary N) is 1. The van der Waals surface area contributed by atoms with E-state index in [9.17, 15) is 9.59 Å². The van der Waals surface area contributed by atoms with Crippen molar-refractivity contribution in [2.45, 2.75) is 52.7 Å². The predicted octanol–water partition coefficient (Wildman–Crippen LogP) is 5.04. The molecule has 0 radical (unpaired) electrons. The van der Waals surface area contributed by atoms with Gasteiger partial charge < -0.3 is 19.9 Å². The van der Waals surface area contributed by atoms with Crippen LogP contribution >= 0.6 is 0 Å². The van der Waals surface area contributed by atoms with Gasteiger partial charge in [-0.05, 0) is 86.3 Å². The van der Waals surface area contributed by atoms with Gasteiger partial charge in [-0.25, -0.2) is 0 Å². The molecule has 1 N–H and O–H groups in total. The average Bonchev–Trinajstić information content (AvgIpc) is 3.36. The molecular formula is C33H40N4O3. The third kappa shape index (κ3) is 5.43. The number of amides is 2. The molecule has 3 aromatic carbocycles. The number of hydrogen-bond acceptors (Lipinski definition) is 5. The molecular weight excluding hydrogens is 500 g/mol. The highest BCUT2D eigenvalue weighted by atomic mass is 16.5. The third-order valence-corrected chi connectivity index (χ3v) is 8.50. The molecule has 3 aromatic rings. The van der Waals surface area contributed by atoms with Crippen LogP contribution in [0.3, 0.4) is 0 Å². The minimum atomic E-state index is -0.0403. The molecule has 2 amide bonds. The van der Waals surface area contributed by atoms with E-state index in [0.717, 1.165) is 64.5 Å². The number of ether oxygens (including phenoxy) is 1. The lowest BCUT2D eigenvalue weighted by Crippen LogP contribution is -2.55. The van der Waals surface area contributed by atoms with Gasteiger partial charge in [0.05, 0.1) is 12.8 Å². The fraction of sp³-hybridized carbons (Fsp3) is 0.394. The van der Waals surface area contributed by atoms with Crippen LogP contribution in [0.1, 0.15) is 47.8 Å². The molecule has 0 spiro atoms. The van der Waals surface area contributed by atoms with Crippen LogP contribution in [0, 0.1) is 6.92 Å². The van der Waals surface area contributed by atoms with E-state index in [-0.39, 0.29) is 11.8 Å². The smallest absolute Gasteiger partial charge is 0.258 e. The van der Waals surface area contributed by atoms with Gasteiger partial charge >= 0.3 is 0 Å². The van der Waals surface area contributed by atoms with Crippen molar-refractivity contribution < 1.29 is 14.3 Å². The molecule has 7 heteroatoms. The summed E-state index contributed by atoms with van der Waals surface area (Å²) in [6.45, 7) is 11.1. The van der Waals surface area contributed by atoms with E-state index in [1.807, 2.05) is 35.2 Å². The van der Waals surface area contributed by atoms with Crippen LogP contribution in [-0.4, -0.2) is 62.6 Å². The Labute approximate surface area is 237 Å². The highest BCUT2D eigenvalue weighted by Gasteiger charge is 2.32. The fourth-order valence-electron chi connectivity index (χ4n) is 5.96. The summed E-state index contributed by atoms with van der Waals surface area (Å²) in [4.78, 5) is 31.7. The Morgan fingerprint density at radius 1 is 0.975 bits per heavy atom. The highest BCUT2D eigenvalue weighted by Crippen LogP contribution is 2.41. The molecule has 1 fully saturated rings. The average molecular weight is 541 g/mol. The van der Waals surface area contributed by atoms with E-state index < -0.39 is 0 Å². The summed E-state index contributed by atoms with van der Waals surface area (Å²) in [6.07, 6.45) is 0.815. The van der Waals surface area contributed by atoms with E-state index >= 15 is 0 Å². The summed E-state index contributed by atoms with van der Waals surface area (Å²) in [7, 11) is 3.91. The van der Waals surface area contributed by atoms with Crippen molar-refractivity contribution in [3.63, 3.8) is 0 Å². The van der Waals surface area contributed by atoms with Gasteiger partial charge in [0.25, 0.3) is 5.91 Å². The Bertz CT molecular complexity index is 1410. The minimum Gasteiger partial charge on any atom is -0.495 e. The molecule has 0 aliphatic carbocycles. The van der Waals surface area contributed by atoms with Crippen molar-refractivity contribution in [1.82, 2.24) is 10.2 Å². The molecule has 0 aromatic heterocycles. The molecule has 2 atom stereocenters. The molecule has 2 heterocycles. The normalized spacial score (nSPS) is 18.9. The second-order valence-electron chi connectivity index (χ2n) is 11.3. The maximum absolute atomic E-state index is 13.7. The predicted molar refractivity (Wildman–Crippen MR) is 161 cm³/mol. The van der Waals surface area contributed by atoms with Gasteiger partial charge in [-0.15, -0.1) is 0 Å². The fourth-order valence-corrected chi connectivity index (χ4v) is 5.96. The molecule has 7 nitrogen and oxygen atoms in total. The zero-order chi connectivity index (χ0) is 28.6. The topological polar surface area (TPSA) is 65.1 Å². The monoisotopic (exact) mass is 540 g/mol. The van der Waals surface area contributed by atoms with Gasteiger partial charge in [-0.2, -0.15) is 0 Å². The van der Waals surface area contributed by atoms with Gasteiger partial charge in [-0.1, -0.05) is 30.3 Å². The van der Waals surface area contributed by atoms with Crippen molar-refractivity contribution in [2.75, 3.05) is 43.6 Å². The van der Waals surface area contributed by atoms with Crippen molar-refractivity contribution >= 4 is 23.2 Å². The zero-order valence-electron chi connectivity index (χ0n) is 24.5. The Morgan fingerprint density at radius 3 is 2.30 bits per heavy atom. The Hall–Kier alpha value is -3.84. The lowest BCUT2D eigenvalue weighted by molar-refractivity contribution is -0.119. The maximum atomic E-state index is 13.7. The van der Waals surface area contributed by atoms with Crippen LogP contribution in [0.2, 0.25) is 0 Å². The summed E-state index contributed by atoms with van der Waals surface area (Å²) in [5.41, 5.74) is 8.23. The lowest BCUT2D eigenvalue weighted by atomic mass is 9.97. The van der Waals surface area contributed by atoms with Gasteiger partial charge in [-0.3, -0.25) is 14.5 Å². The molecule has 2 aliphatic rings. The van der Waals surface area contributed by atoms with Gasteiger partial charge in [0.15, 0.2) is 0 Å². The SMILES string of the molecule is COc1cc2c(cc1N1C[C@@H](C)N(C)[C@@H](C)C1)N(C(=O)c1ccc(-c3ccc(CNC(C)=O)cc3C)cc1)CC2. The molecule has 1 saturated heterocycles. The van der Waals surface area contributed by atoms with Crippen LogP contribution in [0.15, 0.2) is 54.6 Å². The minimum absolute atomic E-state index is 0.0175. The van der Waals surface area contributed by atoms with Crippen LogP contribution in [0.25, 0.3) is 11.1 Å². The number of hydrogen-bond donors (Lipinski definition) is 1. The molecule has 0 unspecified atom stereocenters.